The van der Waals surface area contributed by atoms with Crippen molar-refractivity contribution in [3.8, 4) is 0 Å². The average molecular weight is 625 g/mol. The summed E-state index contributed by atoms with van der Waals surface area (Å²) in [4.78, 5) is 44.6. The summed E-state index contributed by atoms with van der Waals surface area (Å²) >= 11 is 0. The maximum atomic E-state index is 11.8. The van der Waals surface area contributed by atoms with Gasteiger partial charge in [-0.25, -0.2) is 0 Å². The molecule has 1 saturated carbocycles. The van der Waals surface area contributed by atoms with E-state index < -0.39 is 0 Å². The molecule has 0 aromatic rings. The Hall–Kier alpha value is -1.64. The van der Waals surface area contributed by atoms with Crippen LogP contribution in [0, 0.1) is 29.6 Å². The minimum atomic E-state index is -0.337. The summed E-state index contributed by atoms with van der Waals surface area (Å²) in [6.45, 7) is 16.3. The van der Waals surface area contributed by atoms with Crippen LogP contribution in [-0.4, -0.2) is 70.1 Å². The Balaban J connectivity index is 0. The Labute approximate surface area is 271 Å². The first-order valence-electron chi connectivity index (χ1n) is 17.6. The molecular formula is C36H72N4O4. The molecule has 8 heteroatoms. The van der Waals surface area contributed by atoms with Crippen molar-refractivity contribution in [1.82, 2.24) is 21.3 Å². The van der Waals surface area contributed by atoms with Gasteiger partial charge < -0.3 is 26.1 Å². The number of carbonyl (C=O) groups excluding carboxylic acids is 4. The molecule has 0 aliphatic heterocycles. The summed E-state index contributed by atoms with van der Waals surface area (Å²) in [6.07, 6.45) is 14.8. The fourth-order valence-electron chi connectivity index (χ4n) is 6.08. The lowest BCUT2D eigenvalue weighted by atomic mass is 9.67. The van der Waals surface area contributed by atoms with Crippen LogP contribution in [0.5, 0.6) is 0 Å². The van der Waals surface area contributed by atoms with E-state index in [1.165, 1.54) is 65.2 Å². The molecular weight excluding hydrogens is 552 g/mol. The fraction of sp³-hybridized carbons (Fsp3) is 0.889. The molecule has 0 aromatic heterocycles. The smallest absolute Gasteiger partial charge is 0.234 e. The van der Waals surface area contributed by atoms with Crippen molar-refractivity contribution in [3.63, 3.8) is 0 Å². The van der Waals surface area contributed by atoms with Crippen LogP contribution < -0.4 is 21.3 Å². The van der Waals surface area contributed by atoms with E-state index >= 15 is 0 Å². The highest BCUT2D eigenvalue weighted by molar-refractivity contribution is 6.00. The molecule has 0 bridgehead atoms. The molecule has 0 aromatic carbocycles. The number of amides is 1. The number of carbonyl (C=O) groups is 4. The van der Waals surface area contributed by atoms with Gasteiger partial charge >= 0.3 is 0 Å². The molecule has 1 fully saturated rings. The van der Waals surface area contributed by atoms with Gasteiger partial charge in [-0.1, -0.05) is 79.1 Å². The summed E-state index contributed by atoms with van der Waals surface area (Å²) in [5.41, 5.74) is 0. The first kappa shape index (κ1) is 44.5. The van der Waals surface area contributed by atoms with Crippen LogP contribution >= 0.6 is 0 Å². The predicted octanol–water partition coefficient (Wildman–Crippen LogP) is 6.11. The quantitative estimate of drug-likeness (QED) is 0.0899. The number of unbranched alkanes of at least 4 members (excludes halogenated alkanes) is 8. The van der Waals surface area contributed by atoms with Crippen LogP contribution in [0.4, 0.5) is 0 Å². The molecule has 1 aliphatic carbocycles. The zero-order valence-corrected chi connectivity index (χ0v) is 30.4. The zero-order chi connectivity index (χ0) is 33.9. The van der Waals surface area contributed by atoms with Gasteiger partial charge in [-0.15, -0.1) is 0 Å². The number of ketones is 3. The number of Topliss-reactive ketones (excluding diaryl/α,β-unsaturated/α-hetero) is 3. The standard InChI is InChI=1S/C14H29N3O.C14H26O2.C8H17NO/c1-9-6-12(7-15-4)11(3)14(10(9)2)17-13(18)8-16-5;1-4-5-6-7-8-9-10-11-14(12(2)15)13(3)16;1-8(10)6-4-3-5-7-9-2/h9-12,14-16H,6-8H2,1-5H3,(H,17,18);14H,4-11H2,1-3H3;9H,3-7H2,1-2H3. The van der Waals surface area contributed by atoms with Gasteiger partial charge in [0.2, 0.25) is 5.91 Å². The molecule has 0 heterocycles. The summed E-state index contributed by atoms with van der Waals surface area (Å²) < 4.78 is 0. The summed E-state index contributed by atoms with van der Waals surface area (Å²) in [5.74, 6) is 2.54. The minimum Gasteiger partial charge on any atom is -0.352 e. The number of likely N-dealkylation sites (N-methyl/N-ethyl adjacent to an activating group) is 1. The third-order valence-electron chi connectivity index (χ3n) is 9.11. The molecule has 8 nitrogen and oxygen atoms in total. The second-order valence-corrected chi connectivity index (χ2v) is 13.2. The summed E-state index contributed by atoms with van der Waals surface area (Å²) in [7, 11) is 5.76. The number of rotatable bonds is 21. The molecule has 5 atom stereocenters. The lowest BCUT2D eigenvalue weighted by Crippen LogP contribution is -2.53. The second kappa shape index (κ2) is 28.8. The van der Waals surface area contributed by atoms with Crippen molar-refractivity contribution in [1.29, 1.82) is 0 Å². The van der Waals surface area contributed by atoms with E-state index in [0.717, 1.165) is 45.2 Å². The maximum Gasteiger partial charge on any atom is 0.234 e. The molecule has 5 unspecified atom stereocenters. The van der Waals surface area contributed by atoms with E-state index in [-0.39, 0.29) is 23.4 Å². The third kappa shape index (κ3) is 22.8. The highest BCUT2D eigenvalue weighted by Crippen LogP contribution is 2.37. The minimum absolute atomic E-state index is 0.0264. The van der Waals surface area contributed by atoms with Crippen molar-refractivity contribution in [3.05, 3.63) is 0 Å². The Morgan fingerprint density at radius 1 is 0.705 bits per heavy atom. The van der Waals surface area contributed by atoms with Crippen molar-refractivity contribution < 1.29 is 19.2 Å². The maximum absolute atomic E-state index is 11.8. The van der Waals surface area contributed by atoms with E-state index in [2.05, 4.69) is 49.0 Å². The monoisotopic (exact) mass is 625 g/mol. The van der Waals surface area contributed by atoms with Crippen LogP contribution in [-0.2, 0) is 19.2 Å². The van der Waals surface area contributed by atoms with Gasteiger partial charge in [0.1, 0.15) is 17.3 Å². The van der Waals surface area contributed by atoms with Gasteiger partial charge in [-0.3, -0.25) is 14.4 Å². The molecule has 0 radical (unpaired) electrons. The van der Waals surface area contributed by atoms with Gasteiger partial charge in [-0.2, -0.15) is 0 Å². The lowest BCUT2D eigenvalue weighted by molar-refractivity contribution is -0.130. The van der Waals surface area contributed by atoms with Gasteiger partial charge in [0.05, 0.1) is 12.5 Å². The van der Waals surface area contributed by atoms with E-state index in [4.69, 9.17) is 0 Å². The van der Waals surface area contributed by atoms with Crippen molar-refractivity contribution in [2.45, 2.75) is 138 Å². The molecule has 4 N–H and O–H groups in total. The van der Waals surface area contributed by atoms with Crippen LogP contribution in [0.25, 0.3) is 0 Å². The van der Waals surface area contributed by atoms with E-state index in [0.29, 0.717) is 42.0 Å². The topological polar surface area (TPSA) is 116 Å². The third-order valence-corrected chi connectivity index (χ3v) is 9.11. The molecule has 1 rings (SSSR count). The van der Waals surface area contributed by atoms with Crippen LogP contribution in [0.1, 0.15) is 132 Å². The molecule has 1 aliphatic rings. The largest absolute Gasteiger partial charge is 0.352 e. The Morgan fingerprint density at radius 2 is 1.27 bits per heavy atom. The molecule has 260 valence electrons. The highest BCUT2D eigenvalue weighted by atomic mass is 16.2. The van der Waals surface area contributed by atoms with Crippen molar-refractivity contribution >= 4 is 23.3 Å². The van der Waals surface area contributed by atoms with Crippen LogP contribution in [0.3, 0.4) is 0 Å². The summed E-state index contributed by atoms with van der Waals surface area (Å²) in [6, 6.07) is 0.299. The van der Waals surface area contributed by atoms with E-state index in [1.807, 2.05) is 14.1 Å². The van der Waals surface area contributed by atoms with E-state index in [9.17, 15) is 19.2 Å². The first-order chi connectivity index (χ1) is 20.9. The second-order valence-electron chi connectivity index (χ2n) is 13.2. The predicted molar refractivity (Wildman–Crippen MR) is 186 cm³/mol. The van der Waals surface area contributed by atoms with Gasteiger partial charge in [0.25, 0.3) is 0 Å². The van der Waals surface area contributed by atoms with Crippen LogP contribution in [0.15, 0.2) is 0 Å². The fourth-order valence-corrected chi connectivity index (χ4v) is 6.08. The molecule has 1 amide bonds. The Kier molecular flexibility index (Phi) is 29.1. The summed E-state index contributed by atoms with van der Waals surface area (Å²) in [5, 5.41) is 12.5. The number of nitrogens with one attached hydrogen (secondary N) is 4. The van der Waals surface area contributed by atoms with Crippen molar-refractivity contribution in [2.24, 2.45) is 29.6 Å². The van der Waals surface area contributed by atoms with E-state index in [1.54, 1.807) is 14.0 Å². The first-order valence-corrected chi connectivity index (χ1v) is 17.6. The Morgan fingerprint density at radius 3 is 1.77 bits per heavy atom. The highest BCUT2D eigenvalue weighted by Gasteiger charge is 2.38. The van der Waals surface area contributed by atoms with Crippen LogP contribution in [0.2, 0.25) is 0 Å². The average Bonchev–Trinajstić information content (AvgIpc) is 2.96. The normalized spacial score (nSPS) is 21.0. The molecule has 44 heavy (non-hydrogen) atoms. The Bertz CT molecular complexity index is 746. The number of hydrogen-bond donors (Lipinski definition) is 4. The van der Waals surface area contributed by atoms with Gasteiger partial charge in [0.15, 0.2) is 0 Å². The molecule has 0 spiro atoms. The molecule has 0 saturated heterocycles. The zero-order valence-electron chi connectivity index (χ0n) is 30.4. The number of hydrogen-bond acceptors (Lipinski definition) is 7. The SMILES string of the molecule is CCCCCCCCCC(C(C)=O)C(C)=O.CNCC(=O)NC1C(C)C(C)CC(CNC)C1C.CNCCCCCC(C)=O. The van der Waals surface area contributed by atoms with Gasteiger partial charge in [-0.05, 0) is 104 Å². The lowest BCUT2D eigenvalue weighted by Gasteiger charge is -2.44. The van der Waals surface area contributed by atoms with Gasteiger partial charge in [0, 0.05) is 12.5 Å². The van der Waals surface area contributed by atoms with Crippen molar-refractivity contribution in [2.75, 3.05) is 40.8 Å².